The van der Waals surface area contributed by atoms with E-state index in [1.54, 1.807) is 41.9 Å². The number of amides is 2. The number of aromatic nitrogens is 1. The lowest BCUT2D eigenvalue weighted by Gasteiger charge is -2.19. The molecule has 188 valence electrons. The maximum Gasteiger partial charge on any atom is 0.352 e. The zero-order chi connectivity index (χ0) is 26.4. The van der Waals surface area contributed by atoms with Crippen LogP contribution in [0.5, 0.6) is 5.88 Å². The van der Waals surface area contributed by atoms with Gasteiger partial charge < -0.3 is 4.74 Å². The maximum absolute atomic E-state index is 13.5. The fraction of sp³-hybridized carbons (Fsp3) is 0.269. The molecule has 10 heteroatoms. The Morgan fingerprint density at radius 1 is 0.972 bits per heavy atom. The third kappa shape index (κ3) is 4.44. The number of fused-ring (bicyclic) bond motifs is 1. The van der Waals surface area contributed by atoms with Gasteiger partial charge in [0.1, 0.15) is 11.1 Å². The highest BCUT2D eigenvalue weighted by atomic mass is 35.5. The van der Waals surface area contributed by atoms with E-state index < -0.39 is 21.8 Å². The number of nitrogens with one attached hydrogen (secondary N) is 1. The molecular weight excluding hydrogens is 502 g/mol. The van der Waals surface area contributed by atoms with Gasteiger partial charge in [-0.15, -0.1) is 4.90 Å². The van der Waals surface area contributed by atoms with Gasteiger partial charge in [0.15, 0.2) is 0 Å². The predicted molar refractivity (Wildman–Crippen MR) is 137 cm³/mol. The molecule has 36 heavy (non-hydrogen) atoms. The van der Waals surface area contributed by atoms with Gasteiger partial charge in [-0.3, -0.25) is 4.72 Å². The Morgan fingerprint density at radius 3 is 2.22 bits per heavy atom. The van der Waals surface area contributed by atoms with Crippen LogP contribution in [0.25, 0.3) is 0 Å². The summed E-state index contributed by atoms with van der Waals surface area (Å²) in [6.45, 7) is 8.32. The second-order valence-corrected chi connectivity index (χ2v) is 11.5. The second-order valence-electron chi connectivity index (χ2n) is 9.38. The lowest BCUT2D eigenvalue weighted by Crippen LogP contribution is -2.43. The number of nitrogens with zero attached hydrogens (tertiary/aromatic N) is 2. The molecule has 0 spiro atoms. The van der Waals surface area contributed by atoms with Gasteiger partial charge in [-0.05, 0) is 48.2 Å². The van der Waals surface area contributed by atoms with Gasteiger partial charge in [-0.25, -0.2) is 18.0 Å². The molecule has 1 N–H and O–H groups in total. The molecule has 4 rings (SSSR count). The largest absolute Gasteiger partial charge is 0.463 e. The average Bonchev–Trinajstić information content (AvgIpc) is 3.08. The molecule has 0 bridgehead atoms. The van der Waals surface area contributed by atoms with E-state index in [-0.39, 0.29) is 38.0 Å². The van der Waals surface area contributed by atoms with Crippen LogP contribution in [-0.2, 0) is 22.5 Å². The summed E-state index contributed by atoms with van der Waals surface area (Å²) in [4.78, 5) is 27.9. The van der Waals surface area contributed by atoms with E-state index in [2.05, 4.69) is 4.72 Å². The molecule has 0 unspecified atom stereocenters. The summed E-state index contributed by atoms with van der Waals surface area (Å²) in [5.41, 5.74) is 0.639. The summed E-state index contributed by atoms with van der Waals surface area (Å²) in [5, 5.41) is 0.0481. The molecule has 3 aromatic rings. The number of carbonyl (C=O) groups is 2. The summed E-state index contributed by atoms with van der Waals surface area (Å²) < 4.78 is 36.0. The Hall–Kier alpha value is -3.43. The van der Waals surface area contributed by atoms with Crippen LogP contribution in [-0.4, -0.2) is 26.8 Å². The van der Waals surface area contributed by atoms with Crippen molar-refractivity contribution in [2.75, 3.05) is 16.2 Å². The minimum atomic E-state index is -4.06. The average molecular weight is 529 g/mol. The van der Waals surface area contributed by atoms with Crippen molar-refractivity contribution in [1.82, 2.24) is 0 Å². The molecular formula is C26H27ClN3O5S+. The van der Waals surface area contributed by atoms with Gasteiger partial charge in [0.25, 0.3) is 21.7 Å². The number of imide groups is 1. The van der Waals surface area contributed by atoms with Gasteiger partial charge in [0.05, 0.1) is 29.3 Å². The van der Waals surface area contributed by atoms with E-state index in [1.807, 2.05) is 27.7 Å². The summed E-state index contributed by atoms with van der Waals surface area (Å²) in [5.74, 6) is -0.630. The Morgan fingerprint density at radius 2 is 1.61 bits per heavy atom. The molecule has 2 heterocycles. The molecule has 0 saturated heterocycles. The number of hydrogen-bond acceptors (Lipinski definition) is 5. The number of anilines is 2. The molecule has 2 amide bonds. The van der Waals surface area contributed by atoms with Crippen molar-refractivity contribution in [1.29, 1.82) is 0 Å². The van der Waals surface area contributed by atoms with Gasteiger partial charge in [-0.1, -0.05) is 44.5 Å². The molecule has 0 radical (unpaired) electrons. The zero-order valence-corrected chi connectivity index (χ0v) is 22.2. The number of halogens is 1. The van der Waals surface area contributed by atoms with Crippen molar-refractivity contribution >= 4 is 44.9 Å². The summed E-state index contributed by atoms with van der Waals surface area (Å²) >= 11 is 6.32. The van der Waals surface area contributed by atoms with Gasteiger partial charge in [0.2, 0.25) is 0 Å². The highest BCUT2D eigenvalue weighted by molar-refractivity contribution is 7.92. The summed E-state index contributed by atoms with van der Waals surface area (Å²) in [6, 6.07) is 14.3. The summed E-state index contributed by atoms with van der Waals surface area (Å²) in [7, 11) is -2.39. The van der Waals surface area contributed by atoms with Crippen molar-refractivity contribution < 1.29 is 27.3 Å². The first-order valence-electron chi connectivity index (χ1n) is 11.3. The van der Waals surface area contributed by atoms with Crippen molar-refractivity contribution in [3.8, 4) is 5.88 Å². The fourth-order valence-electron chi connectivity index (χ4n) is 4.03. The van der Waals surface area contributed by atoms with Crippen molar-refractivity contribution in [2.24, 2.45) is 7.05 Å². The fourth-order valence-corrected chi connectivity index (χ4v) is 5.34. The van der Waals surface area contributed by atoms with Crippen LogP contribution in [0.4, 0.5) is 11.5 Å². The monoisotopic (exact) mass is 528 g/mol. The molecule has 1 aliphatic heterocycles. The number of pyridine rings is 1. The zero-order valence-electron chi connectivity index (χ0n) is 20.6. The SMILES string of the molecule is CCOc1cccc(N2C(=O)c3c(Cl)ccc(NS(=O)(=O)c4ccc(C(C)(C)C)cc4)c3C2=O)[n+]1C. The molecule has 0 aliphatic carbocycles. The second kappa shape index (κ2) is 9.22. The van der Waals surface area contributed by atoms with Gasteiger partial charge in [0, 0.05) is 12.1 Å². The van der Waals surface area contributed by atoms with Crippen LogP contribution in [0.1, 0.15) is 54.0 Å². The van der Waals surface area contributed by atoms with Crippen LogP contribution < -0.4 is 18.9 Å². The van der Waals surface area contributed by atoms with Gasteiger partial charge >= 0.3 is 11.8 Å². The van der Waals surface area contributed by atoms with Crippen LogP contribution in [0, 0.1) is 0 Å². The lowest BCUT2D eigenvalue weighted by atomic mass is 9.87. The van der Waals surface area contributed by atoms with Crippen molar-refractivity contribution in [3.05, 3.63) is 76.3 Å². The van der Waals surface area contributed by atoms with E-state index in [0.717, 1.165) is 10.5 Å². The number of sulfonamides is 1. The number of ether oxygens (including phenoxy) is 1. The molecule has 2 aromatic carbocycles. The highest BCUT2D eigenvalue weighted by Gasteiger charge is 2.48. The Bertz CT molecular complexity index is 1480. The lowest BCUT2D eigenvalue weighted by molar-refractivity contribution is -0.664. The van der Waals surface area contributed by atoms with E-state index in [9.17, 15) is 18.0 Å². The van der Waals surface area contributed by atoms with E-state index in [0.29, 0.717) is 12.5 Å². The minimum absolute atomic E-state index is 0.0289. The Labute approximate surface area is 215 Å². The van der Waals surface area contributed by atoms with Crippen LogP contribution in [0.3, 0.4) is 0 Å². The van der Waals surface area contributed by atoms with Crippen molar-refractivity contribution in [2.45, 2.75) is 38.0 Å². The maximum atomic E-state index is 13.5. The molecule has 8 nitrogen and oxygen atoms in total. The Kier molecular flexibility index (Phi) is 6.57. The van der Waals surface area contributed by atoms with Crippen molar-refractivity contribution in [3.63, 3.8) is 0 Å². The summed E-state index contributed by atoms with van der Waals surface area (Å²) in [6.07, 6.45) is 0. The molecule has 0 saturated carbocycles. The molecule has 1 aliphatic rings. The topological polar surface area (TPSA) is 96.7 Å². The molecule has 0 atom stereocenters. The normalized spacial score (nSPS) is 13.7. The number of hydrogen-bond donors (Lipinski definition) is 1. The standard InChI is InChI=1S/C26H26ClN3O5S/c1-6-35-21-9-7-8-20(29(21)5)30-24(31)22-18(27)14-15-19(23(22)25(30)32)28-36(33,34)17-12-10-16(11-13-17)26(2,3)4/h7-15H,6H2,1-5H3/p+1. The van der Waals surface area contributed by atoms with Crippen LogP contribution >= 0.6 is 11.6 Å². The molecule has 0 fully saturated rings. The Balaban J connectivity index is 1.75. The first kappa shape index (κ1) is 25.7. The number of benzene rings is 2. The number of rotatable bonds is 6. The smallest absolute Gasteiger partial charge is 0.352 e. The van der Waals surface area contributed by atoms with E-state index >= 15 is 0 Å². The third-order valence-corrected chi connectivity index (χ3v) is 7.64. The first-order chi connectivity index (χ1) is 16.9. The molecule has 1 aromatic heterocycles. The van der Waals surface area contributed by atoms with E-state index in [1.165, 1.54) is 24.3 Å². The predicted octanol–water partition coefficient (Wildman–Crippen LogP) is 4.46. The van der Waals surface area contributed by atoms with E-state index in [4.69, 9.17) is 16.3 Å². The quantitative estimate of drug-likeness (QED) is 0.376. The van der Waals surface area contributed by atoms with Gasteiger partial charge in [-0.2, -0.15) is 4.57 Å². The number of carbonyl (C=O) groups excluding carboxylic acids is 2. The first-order valence-corrected chi connectivity index (χ1v) is 13.2. The minimum Gasteiger partial charge on any atom is -0.463 e. The van der Waals surface area contributed by atoms with Crippen LogP contribution in [0.2, 0.25) is 5.02 Å². The third-order valence-electron chi connectivity index (χ3n) is 5.94. The van der Waals surface area contributed by atoms with Crippen LogP contribution in [0.15, 0.2) is 59.5 Å². The highest BCUT2D eigenvalue weighted by Crippen LogP contribution is 2.37.